The Morgan fingerprint density at radius 2 is 1.96 bits per heavy atom. The first-order valence-electron chi connectivity index (χ1n) is 6.94. The Kier molecular flexibility index (Phi) is 5.33. The third-order valence-electron chi connectivity index (χ3n) is 3.32. The van der Waals surface area contributed by atoms with Crippen LogP contribution in [0.2, 0.25) is 0 Å². The lowest BCUT2D eigenvalue weighted by molar-refractivity contribution is 0.0981. The fourth-order valence-corrected chi connectivity index (χ4v) is 2.95. The fourth-order valence-electron chi connectivity index (χ4n) is 2.17. The summed E-state index contributed by atoms with van der Waals surface area (Å²) >= 11 is 3.14. The normalized spacial score (nSPS) is 11.2. The highest BCUT2D eigenvalue weighted by molar-refractivity contribution is 9.10. The first kappa shape index (κ1) is 19.1. The quantitative estimate of drug-likeness (QED) is 0.771. The predicted octanol–water partition coefficient (Wildman–Crippen LogP) is 2.03. The fraction of sp³-hybridized carbons (Fsp3) is 0.200. The van der Waals surface area contributed by atoms with Gasteiger partial charge in [0.2, 0.25) is 10.0 Å². The van der Waals surface area contributed by atoms with Crippen molar-refractivity contribution in [3.8, 4) is 0 Å². The van der Waals surface area contributed by atoms with Gasteiger partial charge in [-0.15, -0.1) is 0 Å². The topological polar surface area (TPSA) is 97.3 Å². The van der Waals surface area contributed by atoms with E-state index < -0.39 is 27.3 Å². The number of carbonyl (C=O) groups is 1. The van der Waals surface area contributed by atoms with Crippen LogP contribution in [-0.4, -0.2) is 25.1 Å². The lowest BCUT2D eigenvalue weighted by Gasteiger charge is -2.16. The lowest BCUT2D eigenvalue weighted by Crippen LogP contribution is -2.32. The molecule has 10 heteroatoms. The molecule has 1 amide bonds. The molecule has 7 nitrogen and oxygen atoms in total. The largest absolute Gasteiger partial charge is 0.352 e. The van der Waals surface area contributed by atoms with Crippen molar-refractivity contribution in [3.05, 3.63) is 56.2 Å². The number of rotatable bonds is 4. The number of nitrogens with one attached hydrogen (secondary N) is 2. The number of aromatic nitrogens is 1. The van der Waals surface area contributed by atoms with E-state index >= 15 is 0 Å². The highest BCUT2D eigenvalue weighted by Crippen LogP contribution is 2.26. The number of sulfonamides is 1. The standard InChI is InChI=1S/C15H15BrFN3O4S/c1-8-13(18-12-5-4-9(16)6-11(12)17)10(7-20(2)15(8)22)14(21)19-25(3,23)24/h4-7,18H,1-3H3,(H,19,21). The molecule has 0 spiro atoms. The molecule has 0 radical (unpaired) electrons. The van der Waals surface area contributed by atoms with Crippen LogP contribution in [0.4, 0.5) is 15.8 Å². The van der Waals surface area contributed by atoms with Crippen LogP contribution >= 0.6 is 15.9 Å². The van der Waals surface area contributed by atoms with Crippen molar-refractivity contribution in [2.45, 2.75) is 6.92 Å². The first-order valence-corrected chi connectivity index (χ1v) is 9.62. The van der Waals surface area contributed by atoms with Crippen LogP contribution in [0.5, 0.6) is 0 Å². The van der Waals surface area contributed by atoms with Crippen LogP contribution in [0.15, 0.2) is 33.7 Å². The van der Waals surface area contributed by atoms with Gasteiger partial charge in [0.15, 0.2) is 0 Å². The van der Waals surface area contributed by atoms with Gasteiger partial charge in [-0.1, -0.05) is 15.9 Å². The number of hydrogen-bond donors (Lipinski definition) is 2. The van der Waals surface area contributed by atoms with Gasteiger partial charge in [-0.05, 0) is 25.1 Å². The molecule has 134 valence electrons. The second-order valence-corrected chi connectivity index (χ2v) is 8.08. The van der Waals surface area contributed by atoms with E-state index in [0.717, 1.165) is 10.8 Å². The number of amides is 1. The number of halogens is 2. The lowest BCUT2D eigenvalue weighted by atomic mass is 10.1. The zero-order valence-corrected chi connectivity index (χ0v) is 16.0. The summed E-state index contributed by atoms with van der Waals surface area (Å²) in [7, 11) is -2.38. The molecular formula is C15H15BrFN3O4S. The van der Waals surface area contributed by atoms with Crippen LogP contribution in [0.1, 0.15) is 15.9 Å². The number of pyridine rings is 1. The number of carbonyl (C=O) groups excluding carboxylic acids is 1. The Balaban J connectivity index is 2.60. The molecule has 25 heavy (non-hydrogen) atoms. The third kappa shape index (κ3) is 4.45. The Bertz CT molecular complexity index is 1020. The number of nitrogens with zero attached hydrogens (tertiary/aromatic N) is 1. The van der Waals surface area contributed by atoms with Gasteiger partial charge in [0.05, 0.1) is 23.2 Å². The molecule has 2 aromatic rings. The van der Waals surface area contributed by atoms with Gasteiger partial charge >= 0.3 is 0 Å². The van der Waals surface area contributed by atoms with Crippen molar-refractivity contribution < 1.29 is 17.6 Å². The van der Waals surface area contributed by atoms with Crippen molar-refractivity contribution in [3.63, 3.8) is 0 Å². The molecule has 0 atom stereocenters. The number of benzene rings is 1. The highest BCUT2D eigenvalue weighted by atomic mass is 79.9. The van der Waals surface area contributed by atoms with Crippen LogP contribution in [0.3, 0.4) is 0 Å². The smallest absolute Gasteiger partial charge is 0.268 e. The van der Waals surface area contributed by atoms with Crippen LogP contribution in [0, 0.1) is 12.7 Å². The maximum Gasteiger partial charge on any atom is 0.268 e. The van der Waals surface area contributed by atoms with E-state index in [-0.39, 0.29) is 22.5 Å². The van der Waals surface area contributed by atoms with Crippen molar-refractivity contribution in [2.24, 2.45) is 7.05 Å². The highest BCUT2D eigenvalue weighted by Gasteiger charge is 2.20. The zero-order valence-electron chi connectivity index (χ0n) is 13.6. The summed E-state index contributed by atoms with van der Waals surface area (Å²) in [6, 6.07) is 4.22. The minimum absolute atomic E-state index is 0.0328. The average molecular weight is 432 g/mol. The van der Waals surface area contributed by atoms with Crippen LogP contribution in [0.25, 0.3) is 0 Å². The van der Waals surface area contributed by atoms with Crippen molar-refractivity contribution in [1.29, 1.82) is 0 Å². The SMILES string of the molecule is Cc1c(Nc2ccc(Br)cc2F)c(C(=O)NS(C)(=O)=O)cn(C)c1=O. The second kappa shape index (κ2) is 6.96. The summed E-state index contributed by atoms with van der Waals surface area (Å²) in [6.07, 6.45) is 2.02. The molecule has 1 aromatic carbocycles. The molecule has 0 fully saturated rings. The summed E-state index contributed by atoms with van der Waals surface area (Å²) in [4.78, 5) is 24.4. The summed E-state index contributed by atoms with van der Waals surface area (Å²) in [6.45, 7) is 1.46. The number of hydrogen-bond acceptors (Lipinski definition) is 5. The van der Waals surface area contributed by atoms with E-state index in [4.69, 9.17) is 0 Å². The van der Waals surface area contributed by atoms with E-state index in [1.807, 2.05) is 4.72 Å². The van der Waals surface area contributed by atoms with Gasteiger partial charge < -0.3 is 9.88 Å². The maximum absolute atomic E-state index is 14.1. The summed E-state index contributed by atoms with van der Waals surface area (Å²) < 4.78 is 40.2. The zero-order chi connectivity index (χ0) is 18.9. The molecular weight excluding hydrogens is 417 g/mol. The van der Waals surface area contributed by atoms with E-state index in [1.165, 1.54) is 32.3 Å². The van der Waals surface area contributed by atoms with Crippen LogP contribution < -0.4 is 15.6 Å². The van der Waals surface area contributed by atoms with Gasteiger partial charge in [-0.25, -0.2) is 17.5 Å². The van der Waals surface area contributed by atoms with Crippen molar-refractivity contribution in [1.82, 2.24) is 9.29 Å². The molecule has 0 saturated carbocycles. The monoisotopic (exact) mass is 431 g/mol. The molecule has 0 saturated heterocycles. The summed E-state index contributed by atoms with van der Waals surface area (Å²) in [5, 5.41) is 2.71. The first-order chi connectivity index (χ1) is 11.5. The Morgan fingerprint density at radius 1 is 1.32 bits per heavy atom. The van der Waals surface area contributed by atoms with E-state index in [0.29, 0.717) is 4.47 Å². The molecule has 1 heterocycles. The molecule has 0 bridgehead atoms. The number of anilines is 2. The second-order valence-electron chi connectivity index (χ2n) is 5.41. The molecule has 0 unspecified atom stereocenters. The van der Waals surface area contributed by atoms with E-state index in [9.17, 15) is 22.4 Å². The molecule has 0 aliphatic heterocycles. The van der Waals surface area contributed by atoms with Crippen molar-refractivity contribution in [2.75, 3.05) is 11.6 Å². The van der Waals surface area contributed by atoms with Gasteiger partial charge in [-0.2, -0.15) is 0 Å². The Labute approximate surface area is 152 Å². The average Bonchev–Trinajstić information content (AvgIpc) is 2.48. The van der Waals surface area contributed by atoms with Gasteiger partial charge in [-0.3, -0.25) is 9.59 Å². The van der Waals surface area contributed by atoms with E-state index in [1.54, 1.807) is 6.07 Å². The van der Waals surface area contributed by atoms with Gasteiger partial charge in [0.25, 0.3) is 11.5 Å². The molecule has 2 rings (SSSR count). The Morgan fingerprint density at radius 3 is 2.52 bits per heavy atom. The minimum atomic E-state index is -3.81. The van der Waals surface area contributed by atoms with Crippen molar-refractivity contribution >= 4 is 43.2 Å². The molecule has 0 aliphatic rings. The van der Waals surface area contributed by atoms with Crippen LogP contribution in [-0.2, 0) is 17.1 Å². The summed E-state index contributed by atoms with van der Waals surface area (Å²) in [5.74, 6) is -1.54. The number of aryl methyl sites for hydroxylation is 1. The predicted molar refractivity (Wildman–Crippen MR) is 96.1 cm³/mol. The van der Waals surface area contributed by atoms with Gasteiger partial charge in [0, 0.05) is 23.3 Å². The Hall–Kier alpha value is -2.20. The maximum atomic E-state index is 14.1. The van der Waals surface area contributed by atoms with E-state index in [2.05, 4.69) is 21.2 Å². The van der Waals surface area contributed by atoms with Gasteiger partial charge in [0.1, 0.15) is 5.82 Å². The molecule has 2 N–H and O–H groups in total. The third-order valence-corrected chi connectivity index (χ3v) is 4.37. The minimum Gasteiger partial charge on any atom is -0.352 e. The molecule has 1 aromatic heterocycles. The summed E-state index contributed by atoms with van der Waals surface area (Å²) in [5.41, 5.74) is -0.298. The molecule has 0 aliphatic carbocycles.